The smallest absolute Gasteiger partial charge is 0.335 e. The van der Waals surface area contributed by atoms with E-state index in [2.05, 4.69) is 20.0 Å². The molecular formula is C23H24N4O10. The number of carboxylic acids is 2. The van der Waals surface area contributed by atoms with Gasteiger partial charge in [-0.15, -0.1) is 0 Å². The normalized spacial score (nSPS) is 11.4. The molecule has 2 aromatic rings. The summed E-state index contributed by atoms with van der Waals surface area (Å²) >= 11 is 0. The van der Waals surface area contributed by atoms with E-state index in [-0.39, 0.29) is 44.1 Å². The lowest BCUT2D eigenvalue weighted by Crippen LogP contribution is -2.16. The van der Waals surface area contributed by atoms with Crippen molar-refractivity contribution in [3.05, 3.63) is 59.7 Å². The number of carbonyl (C=O) groups is 4. The minimum atomic E-state index is -1.13. The van der Waals surface area contributed by atoms with E-state index in [4.69, 9.17) is 31.2 Å². The summed E-state index contributed by atoms with van der Waals surface area (Å²) in [6.45, 7) is -0.131. The summed E-state index contributed by atoms with van der Waals surface area (Å²) in [5.41, 5.74) is 12.4. The maximum absolute atomic E-state index is 11.4. The quantitative estimate of drug-likeness (QED) is 0.0912. The Morgan fingerprint density at radius 3 is 1.30 bits per heavy atom. The summed E-state index contributed by atoms with van der Waals surface area (Å²) < 4.78 is 11.0. The van der Waals surface area contributed by atoms with Gasteiger partial charge in [0.25, 0.3) is 0 Å². The van der Waals surface area contributed by atoms with E-state index in [1.165, 1.54) is 0 Å². The molecule has 0 unspecified atom stereocenters. The van der Waals surface area contributed by atoms with Gasteiger partial charge in [0.1, 0.15) is 11.5 Å². The molecule has 0 radical (unpaired) electrons. The fourth-order valence-corrected chi connectivity index (χ4v) is 2.42. The van der Waals surface area contributed by atoms with Crippen molar-refractivity contribution in [2.24, 2.45) is 21.8 Å². The zero-order valence-electron chi connectivity index (χ0n) is 19.4. The van der Waals surface area contributed by atoms with Gasteiger partial charge in [0.15, 0.2) is 11.7 Å². The van der Waals surface area contributed by atoms with Gasteiger partial charge in [-0.1, -0.05) is 10.3 Å². The molecule has 6 N–H and O–H groups in total. The summed E-state index contributed by atoms with van der Waals surface area (Å²) in [7, 11) is 0. The molecule has 2 rings (SSSR count). The molecule has 14 heteroatoms. The van der Waals surface area contributed by atoms with Crippen LogP contribution in [0.15, 0.2) is 58.8 Å². The summed E-state index contributed by atoms with van der Waals surface area (Å²) in [6.07, 6.45) is -1.39. The lowest BCUT2D eigenvalue weighted by molar-refractivity contribution is -0.147. The standard InChI is InChI=1S/C23H24N4O10/c24-22(26-36-20(32)11-9-18(28)29)14-1-5-16(6-2-14)34-13-35-17-7-3-15(4-8-17)23(25)27-37-21(33)12-10-19(30)31/h1-8H,9-13H2,(H2,24,26)(H2,25,27)(H,28,29)(H,30,31). The summed E-state index contributed by atoms with van der Waals surface area (Å²) in [5.74, 6) is -3.15. The number of rotatable bonds is 14. The number of carboxylic acid groups (broad SMARTS) is 2. The van der Waals surface area contributed by atoms with Gasteiger partial charge >= 0.3 is 23.9 Å². The van der Waals surface area contributed by atoms with E-state index >= 15 is 0 Å². The van der Waals surface area contributed by atoms with E-state index in [0.29, 0.717) is 22.6 Å². The predicted molar refractivity (Wildman–Crippen MR) is 126 cm³/mol. The molecular weight excluding hydrogens is 492 g/mol. The van der Waals surface area contributed by atoms with Crippen LogP contribution in [0.4, 0.5) is 0 Å². The third-order valence-corrected chi connectivity index (χ3v) is 4.33. The number of aliphatic carboxylic acids is 2. The number of hydrogen-bond acceptors (Lipinski definition) is 10. The fourth-order valence-electron chi connectivity index (χ4n) is 2.42. The molecule has 0 heterocycles. The third-order valence-electron chi connectivity index (χ3n) is 4.33. The van der Waals surface area contributed by atoms with Crippen molar-refractivity contribution in [2.75, 3.05) is 6.79 Å². The van der Waals surface area contributed by atoms with E-state index in [1.54, 1.807) is 48.5 Å². The van der Waals surface area contributed by atoms with Crippen molar-refractivity contribution in [2.45, 2.75) is 25.7 Å². The molecule has 37 heavy (non-hydrogen) atoms. The van der Waals surface area contributed by atoms with Crippen LogP contribution in [0.1, 0.15) is 36.8 Å². The van der Waals surface area contributed by atoms with E-state index < -0.39 is 23.9 Å². The van der Waals surface area contributed by atoms with Crippen LogP contribution in [-0.4, -0.2) is 52.6 Å². The summed E-state index contributed by atoms with van der Waals surface area (Å²) in [6, 6.07) is 12.7. The average molecular weight is 516 g/mol. The maximum atomic E-state index is 11.4. The number of ether oxygens (including phenoxy) is 2. The zero-order chi connectivity index (χ0) is 27.2. The fraction of sp³-hybridized carbons (Fsp3) is 0.217. The predicted octanol–water partition coefficient (Wildman–Crippen LogP) is 1.16. The number of nitrogens with two attached hydrogens (primary N) is 2. The number of hydrogen-bond donors (Lipinski definition) is 4. The van der Waals surface area contributed by atoms with Crippen LogP contribution in [0, 0.1) is 0 Å². The van der Waals surface area contributed by atoms with Gasteiger partial charge in [0.05, 0.1) is 25.7 Å². The topological polar surface area (TPSA) is 222 Å². The number of carbonyl (C=O) groups excluding carboxylic acids is 2. The van der Waals surface area contributed by atoms with Gasteiger partial charge in [-0.05, 0) is 48.5 Å². The largest absolute Gasteiger partial charge is 0.481 e. The molecule has 0 aliphatic heterocycles. The second kappa shape index (κ2) is 14.3. The Morgan fingerprint density at radius 2 is 0.973 bits per heavy atom. The van der Waals surface area contributed by atoms with Crippen LogP contribution in [0.25, 0.3) is 0 Å². The molecule has 2 aromatic carbocycles. The van der Waals surface area contributed by atoms with Crippen molar-refractivity contribution in [3.63, 3.8) is 0 Å². The molecule has 0 spiro atoms. The Hall–Kier alpha value is -5.14. The minimum absolute atomic E-state index is 0.0793. The average Bonchev–Trinajstić information content (AvgIpc) is 2.88. The zero-order valence-corrected chi connectivity index (χ0v) is 19.4. The molecule has 0 saturated carbocycles. The molecule has 0 aliphatic rings. The highest BCUT2D eigenvalue weighted by atomic mass is 16.7. The van der Waals surface area contributed by atoms with Gasteiger partial charge in [-0.25, -0.2) is 9.59 Å². The molecule has 0 aromatic heterocycles. The molecule has 14 nitrogen and oxygen atoms in total. The van der Waals surface area contributed by atoms with Gasteiger partial charge in [0.2, 0.25) is 6.79 Å². The second-order valence-corrected chi connectivity index (χ2v) is 7.12. The van der Waals surface area contributed by atoms with Crippen molar-refractivity contribution in [1.29, 1.82) is 0 Å². The van der Waals surface area contributed by atoms with E-state index in [0.717, 1.165) is 0 Å². The van der Waals surface area contributed by atoms with E-state index in [9.17, 15) is 19.2 Å². The van der Waals surface area contributed by atoms with Crippen molar-refractivity contribution < 1.29 is 48.5 Å². The highest BCUT2D eigenvalue weighted by molar-refractivity contribution is 5.98. The lowest BCUT2D eigenvalue weighted by Gasteiger charge is -2.09. The minimum Gasteiger partial charge on any atom is -0.481 e. The highest BCUT2D eigenvalue weighted by Gasteiger charge is 2.09. The molecule has 0 saturated heterocycles. The molecule has 0 atom stereocenters. The third kappa shape index (κ3) is 10.8. The maximum Gasteiger partial charge on any atom is 0.335 e. The molecule has 0 fully saturated rings. The van der Waals surface area contributed by atoms with Crippen molar-refractivity contribution >= 4 is 35.5 Å². The second-order valence-electron chi connectivity index (χ2n) is 7.12. The number of oxime groups is 2. The van der Waals surface area contributed by atoms with Crippen LogP contribution < -0.4 is 20.9 Å². The Labute approximate surface area is 210 Å². The molecule has 0 aliphatic carbocycles. The van der Waals surface area contributed by atoms with Crippen LogP contribution in [-0.2, 0) is 28.9 Å². The van der Waals surface area contributed by atoms with Gasteiger partial charge < -0.3 is 40.8 Å². The van der Waals surface area contributed by atoms with Crippen LogP contribution in [0.3, 0.4) is 0 Å². The lowest BCUT2D eigenvalue weighted by atomic mass is 10.2. The highest BCUT2D eigenvalue weighted by Crippen LogP contribution is 2.15. The number of amidine groups is 2. The van der Waals surface area contributed by atoms with Crippen LogP contribution in [0.5, 0.6) is 11.5 Å². The monoisotopic (exact) mass is 516 g/mol. The summed E-state index contributed by atoms with van der Waals surface area (Å²) in [4.78, 5) is 52.8. The first-order valence-electron chi connectivity index (χ1n) is 10.6. The SMILES string of the molecule is N/C(=N\OC(=O)CCC(=O)O)c1ccc(OCOc2ccc(/C(N)=N/OC(=O)CCC(=O)O)cc2)cc1. The van der Waals surface area contributed by atoms with E-state index in [1.807, 2.05) is 0 Å². The first-order chi connectivity index (χ1) is 17.6. The Bertz CT molecular complexity index is 1070. The first-order valence-corrected chi connectivity index (χ1v) is 10.6. The Morgan fingerprint density at radius 1 is 0.622 bits per heavy atom. The van der Waals surface area contributed by atoms with Crippen LogP contribution >= 0.6 is 0 Å². The molecule has 0 bridgehead atoms. The van der Waals surface area contributed by atoms with Gasteiger partial charge in [-0.2, -0.15) is 0 Å². The Kier molecular flexibility index (Phi) is 10.9. The van der Waals surface area contributed by atoms with Crippen LogP contribution in [0.2, 0.25) is 0 Å². The van der Waals surface area contributed by atoms with Gasteiger partial charge in [-0.3, -0.25) is 9.59 Å². The van der Waals surface area contributed by atoms with Gasteiger partial charge in [0, 0.05) is 11.1 Å². The van der Waals surface area contributed by atoms with Crippen molar-refractivity contribution in [1.82, 2.24) is 0 Å². The molecule has 196 valence electrons. The number of nitrogens with zero attached hydrogens (tertiary/aromatic N) is 2. The summed E-state index contributed by atoms with van der Waals surface area (Å²) in [5, 5.41) is 24.0. The number of benzene rings is 2. The first kappa shape index (κ1) is 28.1. The van der Waals surface area contributed by atoms with Crippen molar-refractivity contribution in [3.8, 4) is 11.5 Å². The molecule has 0 amide bonds. The Balaban J connectivity index is 1.79.